The quantitative estimate of drug-likeness (QED) is 0.683. The van der Waals surface area contributed by atoms with Gasteiger partial charge in [-0.05, 0) is 24.5 Å². The molecule has 8 heteroatoms. The number of halogens is 1. The maximum Gasteiger partial charge on any atom is 0.324 e. The Balaban J connectivity index is 3.31. The predicted molar refractivity (Wildman–Crippen MR) is 72.3 cm³/mol. The van der Waals surface area contributed by atoms with Gasteiger partial charge in [0.15, 0.2) is 4.90 Å². The molecule has 0 heterocycles. The molecule has 1 aromatic rings. The van der Waals surface area contributed by atoms with E-state index in [1.807, 2.05) is 20.8 Å². The van der Waals surface area contributed by atoms with Gasteiger partial charge in [0.25, 0.3) is 0 Å². The second kappa shape index (κ2) is 5.45. The minimum Gasteiger partial charge on any atom is -0.258 e. The third-order valence-corrected chi connectivity index (χ3v) is 4.63. The number of rotatable bonds is 4. The molecule has 0 aliphatic rings. The molecule has 1 N–H and O–H groups in total. The number of sulfonamides is 1. The van der Waals surface area contributed by atoms with Crippen LogP contribution in [0.4, 0.5) is 10.1 Å². The molecule has 20 heavy (non-hydrogen) atoms. The fourth-order valence-electron chi connectivity index (χ4n) is 1.36. The molecule has 0 saturated heterocycles. The van der Waals surface area contributed by atoms with Crippen molar-refractivity contribution in [3.8, 4) is 0 Å². The van der Waals surface area contributed by atoms with Crippen molar-refractivity contribution < 1.29 is 17.7 Å². The molecule has 1 aromatic carbocycles. The highest BCUT2D eigenvalue weighted by Crippen LogP contribution is 2.28. The maximum atomic E-state index is 13.5. The van der Waals surface area contributed by atoms with E-state index in [4.69, 9.17) is 0 Å². The first-order chi connectivity index (χ1) is 8.97. The molecule has 0 fully saturated rings. The molecule has 6 nitrogen and oxygen atoms in total. The number of nitro groups is 1. The van der Waals surface area contributed by atoms with Crippen molar-refractivity contribution in [2.75, 3.05) is 0 Å². The minimum absolute atomic E-state index is 0.380. The zero-order valence-corrected chi connectivity index (χ0v) is 12.5. The molecular weight excluding hydrogens is 287 g/mol. The number of nitrogens with one attached hydrogen (secondary N) is 1. The average Bonchev–Trinajstić information content (AvgIpc) is 2.26. The lowest BCUT2D eigenvalue weighted by Crippen LogP contribution is -2.41. The van der Waals surface area contributed by atoms with Crippen LogP contribution in [0, 0.1) is 21.3 Å². The SMILES string of the molecule is CC(NS(=O)(=O)c1cccc(F)c1[N+](=O)[O-])C(C)(C)C. The minimum atomic E-state index is -4.17. The fraction of sp³-hybridized carbons (Fsp3) is 0.500. The summed E-state index contributed by atoms with van der Waals surface area (Å²) in [5.74, 6) is -1.18. The van der Waals surface area contributed by atoms with E-state index in [0.29, 0.717) is 0 Å². The van der Waals surface area contributed by atoms with Crippen LogP contribution in [-0.4, -0.2) is 19.4 Å². The first-order valence-electron chi connectivity index (χ1n) is 5.92. The van der Waals surface area contributed by atoms with Gasteiger partial charge < -0.3 is 0 Å². The van der Waals surface area contributed by atoms with Gasteiger partial charge in [0.05, 0.1) is 4.92 Å². The van der Waals surface area contributed by atoms with Crippen LogP contribution in [-0.2, 0) is 10.0 Å². The van der Waals surface area contributed by atoms with Crippen molar-refractivity contribution in [2.45, 2.75) is 38.6 Å². The van der Waals surface area contributed by atoms with Gasteiger partial charge in [-0.15, -0.1) is 0 Å². The summed E-state index contributed by atoms with van der Waals surface area (Å²) in [5.41, 5.74) is -1.42. The zero-order chi connectivity index (χ0) is 15.7. The highest BCUT2D eigenvalue weighted by atomic mass is 32.2. The summed E-state index contributed by atoms with van der Waals surface area (Å²) < 4.78 is 40.2. The number of nitro benzene ring substituents is 1. The third kappa shape index (κ3) is 3.51. The monoisotopic (exact) mass is 304 g/mol. The second-order valence-corrected chi connectivity index (χ2v) is 7.24. The molecule has 0 aliphatic heterocycles. The van der Waals surface area contributed by atoms with E-state index in [1.54, 1.807) is 6.92 Å². The Kier molecular flexibility index (Phi) is 4.50. The molecule has 1 rings (SSSR count). The lowest BCUT2D eigenvalue weighted by molar-refractivity contribution is -0.390. The van der Waals surface area contributed by atoms with Crippen LogP contribution in [0.1, 0.15) is 27.7 Å². The van der Waals surface area contributed by atoms with E-state index in [-0.39, 0.29) is 5.41 Å². The fourth-order valence-corrected chi connectivity index (χ4v) is 2.99. The summed E-state index contributed by atoms with van der Waals surface area (Å²) in [6.45, 7) is 7.10. The Hall–Kier alpha value is -1.54. The average molecular weight is 304 g/mol. The largest absolute Gasteiger partial charge is 0.324 e. The van der Waals surface area contributed by atoms with Crippen molar-refractivity contribution in [1.82, 2.24) is 4.72 Å². The van der Waals surface area contributed by atoms with Gasteiger partial charge in [0.1, 0.15) is 0 Å². The summed E-state index contributed by atoms with van der Waals surface area (Å²) >= 11 is 0. The van der Waals surface area contributed by atoms with Gasteiger partial charge in [-0.25, -0.2) is 13.1 Å². The first-order valence-corrected chi connectivity index (χ1v) is 7.40. The normalized spacial score (nSPS) is 14.1. The molecule has 0 spiro atoms. The van der Waals surface area contributed by atoms with Crippen molar-refractivity contribution in [3.05, 3.63) is 34.1 Å². The number of hydrogen-bond donors (Lipinski definition) is 1. The van der Waals surface area contributed by atoms with Crippen LogP contribution in [0.2, 0.25) is 0 Å². The molecule has 1 atom stereocenters. The predicted octanol–water partition coefficient (Wildman–Crippen LogP) is 2.45. The molecule has 112 valence electrons. The first kappa shape index (κ1) is 16.5. The van der Waals surface area contributed by atoms with E-state index in [0.717, 1.165) is 18.2 Å². The van der Waals surface area contributed by atoms with E-state index < -0.39 is 37.4 Å². The number of hydrogen-bond acceptors (Lipinski definition) is 4. The smallest absolute Gasteiger partial charge is 0.258 e. The van der Waals surface area contributed by atoms with Crippen LogP contribution in [0.3, 0.4) is 0 Å². The van der Waals surface area contributed by atoms with Crippen LogP contribution >= 0.6 is 0 Å². The highest BCUT2D eigenvalue weighted by Gasteiger charge is 2.32. The summed E-state index contributed by atoms with van der Waals surface area (Å²) in [6, 6.07) is 2.51. The molecule has 0 amide bonds. The van der Waals surface area contributed by atoms with Crippen LogP contribution in [0.25, 0.3) is 0 Å². The second-order valence-electron chi connectivity index (χ2n) is 5.55. The van der Waals surface area contributed by atoms with Crippen LogP contribution in [0.15, 0.2) is 23.1 Å². The van der Waals surface area contributed by atoms with E-state index in [1.165, 1.54) is 0 Å². The van der Waals surface area contributed by atoms with Gasteiger partial charge in [-0.3, -0.25) is 10.1 Å². The van der Waals surface area contributed by atoms with E-state index >= 15 is 0 Å². The third-order valence-electron chi connectivity index (χ3n) is 3.05. The molecule has 0 saturated carbocycles. The van der Waals surface area contributed by atoms with E-state index in [9.17, 15) is 22.9 Å². The van der Waals surface area contributed by atoms with Crippen LogP contribution in [0.5, 0.6) is 0 Å². The summed E-state index contributed by atoms with van der Waals surface area (Å²) in [4.78, 5) is 9.14. The van der Waals surface area contributed by atoms with Crippen molar-refractivity contribution in [2.24, 2.45) is 5.41 Å². The standard InChI is InChI=1S/C12H17FN2O4S/c1-8(12(2,3)4)14-20(18,19)10-7-5-6-9(13)11(10)15(16)17/h5-8,14H,1-4H3. The van der Waals surface area contributed by atoms with Gasteiger partial charge in [0, 0.05) is 6.04 Å². The summed E-state index contributed by atoms with van der Waals surface area (Å²) in [7, 11) is -4.17. The Bertz CT molecular complexity index is 623. The maximum absolute atomic E-state index is 13.5. The van der Waals surface area contributed by atoms with Gasteiger partial charge in [-0.2, -0.15) is 4.39 Å². The Labute approximate surface area is 117 Å². The van der Waals surface area contributed by atoms with Gasteiger partial charge in [-0.1, -0.05) is 26.8 Å². The molecule has 1 unspecified atom stereocenters. The zero-order valence-electron chi connectivity index (χ0n) is 11.7. The van der Waals surface area contributed by atoms with Crippen molar-refractivity contribution in [3.63, 3.8) is 0 Å². The van der Waals surface area contributed by atoms with Crippen molar-refractivity contribution in [1.29, 1.82) is 0 Å². The molecule has 0 bridgehead atoms. The number of benzene rings is 1. The molecule has 0 radical (unpaired) electrons. The number of para-hydroxylation sites is 1. The van der Waals surface area contributed by atoms with Gasteiger partial charge >= 0.3 is 5.69 Å². The highest BCUT2D eigenvalue weighted by molar-refractivity contribution is 7.89. The number of nitrogens with zero attached hydrogens (tertiary/aromatic N) is 1. The summed E-state index contributed by atoms with van der Waals surface area (Å²) in [5, 5.41) is 10.8. The topological polar surface area (TPSA) is 89.3 Å². The molecule has 0 aromatic heterocycles. The Morgan fingerprint density at radius 3 is 2.35 bits per heavy atom. The lowest BCUT2D eigenvalue weighted by Gasteiger charge is -2.27. The Morgan fingerprint density at radius 2 is 1.90 bits per heavy atom. The summed E-state index contributed by atoms with van der Waals surface area (Å²) in [6.07, 6.45) is 0. The van der Waals surface area contributed by atoms with Gasteiger partial charge in [0.2, 0.25) is 15.8 Å². The van der Waals surface area contributed by atoms with Crippen LogP contribution < -0.4 is 4.72 Å². The lowest BCUT2D eigenvalue weighted by atomic mass is 9.89. The molecular formula is C12H17FN2O4S. The van der Waals surface area contributed by atoms with E-state index in [2.05, 4.69) is 4.72 Å². The van der Waals surface area contributed by atoms with Crippen molar-refractivity contribution >= 4 is 15.7 Å². The Morgan fingerprint density at radius 1 is 1.35 bits per heavy atom. The molecule has 0 aliphatic carbocycles.